The zero-order valence-corrected chi connectivity index (χ0v) is 10.6. The number of nitrogens with zero attached hydrogens (tertiary/aromatic N) is 2. The molecule has 0 aliphatic carbocycles. The van der Waals surface area contributed by atoms with E-state index in [1.807, 2.05) is 0 Å². The van der Waals surface area contributed by atoms with Crippen molar-refractivity contribution < 1.29 is 8.42 Å². The fraction of sp³-hybridized carbons (Fsp3) is 0. The highest BCUT2D eigenvalue weighted by Crippen LogP contribution is 2.20. The average molecular weight is 274 g/mol. The van der Waals surface area contributed by atoms with E-state index in [1.54, 1.807) is 24.3 Å². The average Bonchev–Trinajstić information content (AvgIpc) is 2.34. The Balaban J connectivity index is 2.35. The molecule has 0 saturated carbocycles. The van der Waals surface area contributed by atoms with Crippen LogP contribution in [0.3, 0.4) is 0 Å². The van der Waals surface area contributed by atoms with Gasteiger partial charge in [0.2, 0.25) is 10.0 Å². The maximum Gasteiger partial charge on any atom is 0.238 e. The number of hydrogen-bond donors (Lipinski definition) is 2. The van der Waals surface area contributed by atoms with Gasteiger partial charge in [0.15, 0.2) is 0 Å². The summed E-state index contributed by atoms with van der Waals surface area (Å²) >= 11 is 0. The predicted octanol–water partition coefficient (Wildman–Crippen LogP) is 1.01. The van der Waals surface area contributed by atoms with Crippen molar-refractivity contribution in [3.05, 3.63) is 36.4 Å². The summed E-state index contributed by atoms with van der Waals surface area (Å²) in [6, 6.07) is 9.56. The Morgan fingerprint density at radius 1 is 0.842 bits per heavy atom. The van der Waals surface area contributed by atoms with Crippen molar-refractivity contribution in [2.24, 2.45) is 5.14 Å². The van der Waals surface area contributed by atoms with Crippen molar-refractivity contribution in [1.82, 2.24) is 9.97 Å². The molecule has 0 aliphatic heterocycles. The maximum absolute atomic E-state index is 11.3. The molecular weight excluding hydrogens is 264 g/mol. The molecule has 2 aromatic carbocycles. The van der Waals surface area contributed by atoms with Gasteiger partial charge >= 0.3 is 0 Å². The second kappa shape index (κ2) is 3.87. The first-order chi connectivity index (χ1) is 8.93. The van der Waals surface area contributed by atoms with Crippen LogP contribution in [0.15, 0.2) is 41.3 Å². The summed E-state index contributed by atoms with van der Waals surface area (Å²) in [6.45, 7) is 0. The van der Waals surface area contributed by atoms with E-state index in [2.05, 4.69) is 9.97 Å². The van der Waals surface area contributed by atoms with Gasteiger partial charge in [0.25, 0.3) is 0 Å². The van der Waals surface area contributed by atoms with Gasteiger partial charge in [0.1, 0.15) is 0 Å². The number of anilines is 1. The molecule has 0 unspecified atom stereocenters. The minimum atomic E-state index is -3.74. The normalized spacial score (nSPS) is 12.1. The Morgan fingerprint density at radius 3 is 2.05 bits per heavy atom. The highest BCUT2D eigenvalue weighted by atomic mass is 32.2. The van der Waals surface area contributed by atoms with Crippen molar-refractivity contribution in [3.8, 4) is 0 Å². The summed E-state index contributed by atoms with van der Waals surface area (Å²) in [5.74, 6) is 0. The SMILES string of the molecule is Nc1ccc2nc3cc(S(N)(=O)=O)ccc3nc2c1. The smallest absolute Gasteiger partial charge is 0.238 e. The van der Waals surface area contributed by atoms with E-state index in [0.29, 0.717) is 27.8 Å². The molecule has 0 bridgehead atoms. The Hall–Kier alpha value is -2.25. The number of primary sulfonamides is 1. The molecule has 96 valence electrons. The van der Waals surface area contributed by atoms with Crippen LogP contribution in [0.1, 0.15) is 0 Å². The molecule has 0 saturated heterocycles. The number of nitrogen functional groups attached to an aromatic ring is 1. The van der Waals surface area contributed by atoms with E-state index in [9.17, 15) is 8.42 Å². The number of nitrogens with two attached hydrogens (primary N) is 2. The van der Waals surface area contributed by atoms with Crippen LogP contribution in [0.2, 0.25) is 0 Å². The predicted molar refractivity (Wildman–Crippen MR) is 72.8 cm³/mol. The lowest BCUT2D eigenvalue weighted by Crippen LogP contribution is -2.12. The molecule has 0 fully saturated rings. The third kappa shape index (κ3) is 2.09. The highest BCUT2D eigenvalue weighted by molar-refractivity contribution is 7.89. The van der Waals surface area contributed by atoms with Gasteiger partial charge in [0, 0.05) is 5.69 Å². The number of aromatic nitrogens is 2. The summed E-state index contributed by atoms with van der Waals surface area (Å²) in [6.07, 6.45) is 0. The fourth-order valence-corrected chi connectivity index (χ4v) is 2.38. The van der Waals surface area contributed by atoms with Gasteiger partial charge in [-0.05, 0) is 36.4 Å². The molecule has 1 heterocycles. The lowest BCUT2D eigenvalue weighted by atomic mass is 10.2. The van der Waals surface area contributed by atoms with Crippen molar-refractivity contribution in [2.75, 3.05) is 5.73 Å². The van der Waals surface area contributed by atoms with Crippen molar-refractivity contribution >= 4 is 37.8 Å². The van der Waals surface area contributed by atoms with Gasteiger partial charge in [-0.3, -0.25) is 0 Å². The quantitative estimate of drug-likeness (QED) is 0.508. The van der Waals surface area contributed by atoms with Gasteiger partial charge in [-0.25, -0.2) is 23.5 Å². The van der Waals surface area contributed by atoms with Gasteiger partial charge in [0.05, 0.1) is 27.0 Å². The van der Waals surface area contributed by atoms with E-state index < -0.39 is 10.0 Å². The standard InChI is InChI=1S/C12H10N4O2S/c13-7-1-3-9-11(5-7)15-10-4-2-8(19(14,17)18)6-12(10)16-9/h1-6H,13H2,(H2,14,17,18). The number of fused-ring (bicyclic) bond motifs is 2. The molecule has 0 amide bonds. The van der Waals surface area contributed by atoms with Gasteiger partial charge in [-0.15, -0.1) is 0 Å². The summed E-state index contributed by atoms with van der Waals surface area (Å²) in [7, 11) is -3.74. The maximum atomic E-state index is 11.3. The van der Waals surface area contributed by atoms with Crippen LogP contribution in [-0.2, 0) is 10.0 Å². The molecule has 0 aliphatic rings. The van der Waals surface area contributed by atoms with Gasteiger partial charge in [-0.2, -0.15) is 0 Å². The molecule has 7 heteroatoms. The second-order valence-corrected chi connectivity index (χ2v) is 5.73. The van der Waals surface area contributed by atoms with Crippen LogP contribution in [0.4, 0.5) is 5.69 Å². The first-order valence-electron chi connectivity index (χ1n) is 5.43. The monoisotopic (exact) mass is 274 g/mol. The van der Waals surface area contributed by atoms with Gasteiger partial charge in [-0.1, -0.05) is 0 Å². The largest absolute Gasteiger partial charge is 0.399 e. The number of hydrogen-bond acceptors (Lipinski definition) is 5. The number of sulfonamides is 1. The van der Waals surface area contributed by atoms with Crippen molar-refractivity contribution in [1.29, 1.82) is 0 Å². The Morgan fingerprint density at radius 2 is 1.42 bits per heavy atom. The lowest BCUT2D eigenvalue weighted by molar-refractivity contribution is 0.598. The van der Waals surface area contributed by atoms with E-state index >= 15 is 0 Å². The fourth-order valence-electron chi connectivity index (χ4n) is 1.85. The second-order valence-electron chi connectivity index (χ2n) is 4.17. The minimum Gasteiger partial charge on any atom is -0.399 e. The van der Waals surface area contributed by atoms with Crippen molar-refractivity contribution in [2.45, 2.75) is 4.90 Å². The van der Waals surface area contributed by atoms with Crippen LogP contribution in [-0.4, -0.2) is 18.4 Å². The van der Waals surface area contributed by atoms with Crippen LogP contribution in [0.5, 0.6) is 0 Å². The third-order valence-electron chi connectivity index (χ3n) is 2.76. The van der Waals surface area contributed by atoms with E-state index in [4.69, 9.17) is 10.9 Å². The Kier molecular flexibility index (Phi) is 2.41. The topological polar surface area (TPSA) is 112 Å². The first kappa shape index (κ1) is 11.8. The first-order valence-corrected chi connectivity index (χ1v) is 6.98. The molecule has 0 atom stereocenters. The Bertz CT molecular complexity index is 906. The third-order valence-corrected chi connectivity index (χ3v) is 3.67. The van der Waals surface area contributed by atoms with Gasteiger partial charge < -0.3 is 5.73 Å². The summed E-state index contributed by atoms with van der Waals surface area (Å²) in [5.41, 5.74) is 8.66. The zero-order chi connectivity index (χ0) is 13.6. The van der Waals surface area contributed by atoms with Crippen LogP contribution >= 0.6 is 0 Å². The molecule has 6 nitrogen and oxygen atoms in total. The molecule has 19 heavy (non-hydrogen) atoms. The minimum absolute atomic E-state index is 0.0177. The van der Waals surface area contributed by atoms with E-state index in [0.717, 1.165) is 0 Å². The van der Waals surface area contributed by atoms with Crippen LogP contribution in [0, 0.1) is 0 Å². The molecule has 0 radical (unpaired) electrons. The zero-order valence-electron chi connectivity index (χ0n) is 9.74. The molecular formula is C12H10N4O2S. The Labute approximate surface area is 109 Å². The summed E-state index contributed by atoms with van der Waals surface area (Å²) in [5, 5.41) is 5.09. The highest BCUT2D eigenvalue weighted by Gasteiger charge is 2.10. The number of rotatable bonds is 1. The van der Waals surface area contributed by atoms with Crippen LogP contribution < -0.4 is 10.9 Å². The van der Waals surface area contributed by atoms with Crippen molar-refractivity contribution in [3.63, 3.8) is 0 Å². The molecule has 4 N–H and O–H groups in total. The molecule has 3 rings (SSSR count). The molecule has 1 aromatic heterocycles. The summed E-state index contributed by atoms with van der Waals surface area (Å²) < 4.78 is 22.6. The molecule has 3 aromatic rings. The van der Waals surface area contributed by atoms with Crippen LogP contribution in [0.25, 0.3) is 22.1 Å². The molecule has 0 spiro atoms. The van der Waals surface area contributed by atoms with E-state index in [-0.39, 0.29) is 4.90 Å². The summed E-state index contributed by atoms with van der Waals surface area (Å²) in [4.78, 5) is 8.76. The van der Waals surface area contributed by atoms with E-state index in [1.165, 1.54) is 12.1 Å². The lowest BCUT2D eigenvalue weighted by Gasteiger charge is -2.03. The number of benzene rings is 2.